The average Bonchev–Trinajstić information content (AvgIpc) is 2.47. The standard InChI is InChI=1S/C15H21BrN2O3/c1-11-7-13(16)8-12(9-17-2)15(11)21-10-14(19)18-3-5-20-6-4-18/h7-8,17H,3-6,9-10H2,1-2H3. The van der Waals surface area contributed by atoms with Crippen LogP contribution in [0.5, 0.6) is 5.75 Å². The van der Waals surface area contributed by atoms with Crippen molar-refractivity contribution in [3.63, 3.8) is 0 Å². The number of amides is 1. The van der Waals surface area contributed by atoms with E-state index < -0.39 is 0 Å². The molecule has 21 heavy (non-hydrogen) atoms. The van der Waals surface area contributed by atoms with E-state index in [1.54, 1.807) is 4.90 Å². The van der Waals surface area contributed by atoms with Crippen LogP contribution in [0.2, 0.25) is 0 Å². The molecule has 1 N–H and O–H groups in total. The molecule has 0 unspecified atom stereocenters. The molecule has 1 heterocycles. The lowest BCUT2D eigenvalue weighted by molar-refractivity contribution is -0.137. The van der Waals surface area contributed by atoms with Gasteiger partial charge in [-0.3, -0.25) is 4.79 Å². The maximum Gasteiger partial charge on any atom is 0.260 e. The number of carbonyl (C=O) groups excluding carboxylic acids is 1. The number of hydrogen-bond acceptors (Lipinski definition) is 4. The lowest BCUT2D eigenvalue weighted by Crippen LogP contribution is -2.43. The van der Waals surface area contributed by atoms with Gasteiger partial charge in [-0.15, -0.1) is 0 Å². The molecule has 1 amide bonds. The fourth-order valence-electron chi connectivity index (χ4n) is 2.37. The molecule has 5 nitrogen and oxygen atoms in total. The van der Waals surface area contributed by atoms with Crippen molar-refractivity contribution in [2.24, 2.45) is 0 Å². The van der Waals surface area contributed by atoms with Crippen LogP contribution in [-0.2, 0) is 16.1 Å². The van der Waals surface area contributed by atoms with Gasteiger partial charge < -0.3 is 19.7 Å². The first-order valence-corrected chi connectivity index (χ1v) is 7.83. The van der Waals surface area contributed by atoms with E-state index in [4.69, 9.17) is 9.47 Å². The largest absolute Gasteiger partial charge is 0.483 e. The zero-order chi connectivity index (χ0) is 15.2. The van der Waals surface area contributed by atoms with Crippen LogP contribution in [0.25, 0.3) is 0 Å². The van der Waals surface area contributed by atoms with E-state index in [0.717, 1.165) is 21.3 Å². The second kappa shape index (κ2) is 7.77. The summed E-state index contributed by atoms with van der Waals surface area (Å²) in [4.78, 5) is 13.9. The van der Waals surface area contributed by atoms with Gasteiger partial charge >= 0.3 is 0 Å². The molecular formula is C15H21BrN2O3. The third-order valence-electron chi connectivity index (χ3n) is 3.39. The number of ether oxygens (including phenoxy) is 2. The number of benzene rings is 1. The number of nitrogens with zero attached hydrogens (tertiary/aromatic N) is 1. The fraction of sp³-hybridized carbons (Fsp3) is 0.533. The Morgan fingerprint density at radius 2 is 2.14 bits per heavy atom. The van der Waals surface area contributed by atoms with Gasteiger partial charge in [-0.1, -0.05) is 15.9 Å². The van der Waals surface area contributed by atoms with Gasteiger partial charge in [-0.2, -0.15) is 0 Å². The summed E-state index contributed by atoms with van der Waals surface area (Å²) < 4.78 is 12.1. The van der Waals surface area contributed by atoms with Crippen molar-refractivity contribution in [3.05, 3.63) is 27.7 Å². The Hall–Kier alpha value is -1.11. The number of morpholine rings is 1. The molecule has 1 aromatic rings. The number of hydrogen-bond donors (Lipinski definition) is 1. The lowest BCUT2D eigenvalue weighted by Gasteiger charge is -2.27. The molecule has 116 valence electrons. The van der Waals surface area contributed by atoms with Gasteiger partial charge in [-0.25, -0.2) is 0 Å². The zero-order valence-electron chi connectivity index (χ0n) is 12.4. The van der Waals surface area contributed by atoms with Crippen molar-refractivity contribution in [1.82, 2.24) is 10.2 Å². The predicted molar refractivity (Wildman–Crippen MR) is 84.5 cm³/mol. The third-order valence-corrected chi connectivity index (χ3v) is 3.85. The molecule has 1 aromatic carbocycles. The van der Waals surface area contributed by atoms with E-state index in [9.17, 15) is 4.79 Å². The summed E-state index contributed by atoms with van der Waals surface area (Å²) in [6.07, 6.45) is 0. The first-order chi connectivity index (χ1) is 10.1. The normalized spacial score (nSPS) is 15.1. The molecule has 1 fully saturated rings. The summed E-state index contributed by atoms with van der Waals surface area (Å²) in [5, 5.41) is 3.12. The Morgan fingerprint density at radius 1 is 1.43 bits per heavy atom. The summed E-state index contributed by atoms with van der Waals surface area (Å²) in [7, 11) is 1.89. The van der Waals surface area contributed by atoms with E-state index in [-0.39, 0.29) is 12.5 Å². The van der Waals surface area contributed by atoms with Gasteiger partial charge in [0.1, 0.15) is 5.75 Å². The molecule has 1 aliphatic heterocycles. The van der Waals surface area contributed by atoms with E-state index in [0.29, 0.717) is 32.8 Å². The van der Waals surface area contributed by atoms with Gasteiger partial charge in [0.2, 0.25) is 0 Å². The van der Waals surface area contributed by atoms with Crippen molar-refractivity contribution in [1.29, 1.82) is 0 Å². The summed E-state index contributed by atoms with van der Waals surface area (Å²) in [5.41, 5.74) is 2.06. The highest BCUT2D eigenvalue weighted by molar-refractivity contribution is 9.10. The van der Waals surface area contributed by atoms with Gasteiger partial charge in [0.25, 0.3) is 5.91 Å². The van der Waals surface area contributed by atoms with Crippen molar-refractivity contribution < 1.29 is 14.3 Å². The summed E-state index contributed by atoms with van der Waals surface area (Å²) in [5.74, 6) is 0.796. The molecule has 0 spiro atoms. The molecule has 6 heteroatoms. The average molecular weight is 357 g/mol. The Morgan fingerprint density at radius 3 is 2.81 bits per heavy atom. The summed E-state index contributed by atoms with van der Waals surface area (Å²) in [6.45, 7) is 5.25. The topological polar surface area (TPSA) is 50.8 Å². The van der Waals surface area contributed by atoms with Crippen LogP contribution < -0.4 is 10.1 Å². The van der Waals surface area contributed by atoms with Crippen LogP contribution in [0, 0.1) is 6.92 Å². The highest BCUT2D eigenvalue weighted by Crippen LogP contribution is 2.28. The quantitative estimate of drug-likeness (QED) is 0.872. The van der Waals surface area contributed by atoms with Crippen LogP contribution in [0.3, 0.4) is 0 Å². The summed E-state index contributed by atoms with van der Waals surface area (Å²) in [6, 6.07) is 4.01. The maximum atomic E-state index is 12.1. The van der Waals surface area contributed by atoms with Crippen molar-refractivity contribution in [2.45, 2.75) is 13.5 Å². The van der Waals surface area contributed by atoms with Crippen molar-refractivity contribution >= 4 is 21.8 Å². The third kappa shape index (κ3) is 4.43. The van der Waals surface area contributed by atoms with E-state index in [1.807, 2.05) is 26.1 Å². The fourth-order valence-corrected chi connectivity index (χ4v) is 2.99. The number of nitrogens with one attached hydrogen (secondary N) is 1. The molecular weight excluding hydrogens is 336 g/mol. The van der Waals surface area contributed by atoms with Crippen LogP contribution >= 0.6 is 15.9 Å². The monoisotopic (exact) mass is 356 g/mol. The van der Waals surface area contributed by atoms with E-state index in [2.05, 4.69) is 21.2 Å². The van der Waals surface area contributed by atoms with Crippen LogP contribution in [0.4, 0.5) is 0 Å². The molecule has 0 bridgehead atoms. The first kappa shape index (κ1) is 16.3. The first-order valence-electron chi connectivity index (χ1n) is 7.03. The summed E-state index contributed by atoms with van der Waals surface area (Å²) >= 11 is 3.49. The molecule has 0 aliphatic carbocycles. The molecule has 0 radical (unpaired) electrons. The maximum absolute atomic E-state index is 12.1. The minimum atomic E-state index is 0.0102. The molecule has 0 atom stereocenters. The second-order valence-corrected chi connectivity index (χ2v) is 5.94. The van der Waals surface area contributed by atoms with Gasteiger partial charge in [-0.05, 0) is 31.7 Å². The number of carbonyl (C=O) groups is 1. The Balaban J connectivity index is 2.03. The zero-order valence-corrected chi connectivity index (χ0v) is 14.0. The smallest absolute Gasteiger partial charge is 0.260 e. The second-order valence-electron chi connectivity index (χ2n) is 5.02. The minimum absolute atomic E-state index is 0.0102. The molecule has 1 aliphatic rings. The Kier molecular flexibility index (Phi) is 6.02. The lowest BCUT2D eigenvalue weighted by atomic mass is 10.1. The number of aryl methyl sites for hydroxylation is 1. The molecule has 0 aromatic heterocycles. The van der Waals surface area contributed by atoms with Crippen molar-refractivity contribution in [2.75, 3.05) is 40.0 Å². The van der Waals surface area contributed by atoms with Gasteiger partial charge in [0, 0.05) is 29.7 Å². The number of halogens is 1. The van der Waals surface area contributed by atoms with Crippen LogP contribution in [-0.4, -0.2) is 50.8 Å². The minimum Gasteiger partial charge on any atom is -0.483 e. The molecule has 2 rings (SSSR count). The Bertz CT molecular complexity index is 502. The highest BCUT2D eigenvalue weighted by atomic mass is 79.9. The predicted octanol–water partition coefficient (Wildman–Crippen LogP) is 1.71. The van der Waals surface area contributed by atoms with E-state index in [1.165, 1.54) is 0 Å². The van der Waals surface area contributed by atoms with Crippen LogP contribution in [0.1, 0.15) is 11.1 Å². The van der Waals surface area contributed by atoms with Crippen molar-refractivity contribution in [3.8, 4) is 5.75 Å². The van der Waals surface area contributed by atoms with Crippen LogP contribution in [0.15, 0.2) is 16.6 Å². The SMILES string of the molecule is CNCc1cc(Br)cc(C)c1OCC(=O)N1CCOCC1. The highest BCUT2D eigenvalue weighted by Gasteiger charge is 2.18. The van der Waals surface area contributed by atoms with E-state index >= 15 is 0 Å². The molecule has 1 saturated heterocycles. The van der Waals surface area contributed by atoms with Gasteiger partial charge in [0.15, 0.2) is 6.61 Å². The number of rotatable bonds is 5. The van der Waals surface area contributed by atoms with Gasteiger partial charge in [0.05, 0.1) is 13.2 Å². The molecule has 0 saturated carbocycles. The Labute approximate surface area is 133 Å².